The molecule has 3 amide bonds. The molecule has 0 saturated carbocycles. The van der Waals surface area contributed by atoms with Crippen molar-refractivity contribution >= 4 is 40.6 Å². The predicted octanol–water partition coefficient (Wildman–Crippen LogP) is 3.90. The average Bonchev–Trinajstić information content (AvgIpc) is 2.95. The highest BCUT2D eigenvalue weighted by atomic mass is 32.2. The molecule has 2 aromatic carbocycles. The molecule has 1 heterocycles. The van der Waals surface area contributed by atoms with Crippen LogP contribution in [0.3, 0.4) is 0 Å². The smallest absolute Gasteiger partial charge is 0.293 e. The maximum Gasteiger partial charge on any atom is 0.293 e. The number of halogens is 1. The van der Waals surface area contributed by atoms with Gasteiger partial charge in [-0.25, -0.2) is 4.39 Å². The Kier molecular flexibility index (Phi) is 6.10. The first-order valence-electron chi connectivity index (χ1n) is 8.50. The molecule has 0 aliphatic carbocycles. The number of ether oxygens (including phenoxy) is 1. The second kappa shape index (κ2) is 8.71. The molecule has 3 rings (SSSR count). The number of rotatable bonds is 6. The summed E-state index contributed by atoms with van der Waals surface area (Å²) < 4.78 is 18.3. The maximum atomic E-state index is 12.9. The summed E-state index contributed by atoms with van der Waals surface area (Å²) in [7, 11) is 0. The number of hydrogen-bond donors (Lipinski definition) is 1. The molecule has 0 spiro atoms. The molecule has 144 valence electrons. The van der Waals surface area contributed by atoms with E-state index < -0.39 is 0 Å². The van der Waals surface area contributed by atoms with E-state index in [1.807, 2.05) is 0 Å². The Bertz CT molecular complexity index is 926. The molecular weight excluding hydrogens is 383 g/mol. The molecule has 28 heavy (non-hydrogen) atoms. The van der Waals surface area contributed by atoms with Crippen molar-refractivity contribution in [2.45, 2.75) is 6.92 Å². The molecule has 0 aromatic heterocycles. The van der Waals surface area contributed by atoms with Crippen LogP contribution >= 0.6 is 11.8 Å². The molecule has 1 aliphatic rings. The Morgan fingerprint density at radius 3 is 2.43 bits per heavy atom. The van der Waals surface area contributed by atoms with E-state index in [1.165, 1.54) is 29.2 Å². The van der Waals surface area contributed by atoms with Gasteiger partial charge in [-0.1, -0.05) is 12.1 Å². The number of carbonyl (C=O) groups excluding carboxylic acids is 3. The Labute approximate surface area is 165 Å². The Morgan fingerprint density at radius 2 is 1.82 bits per heavy atom. The van der Waals surface area contributed by atoms with Gasteiger partial charge in [0.2, 0.25) is 0 Å². The quantitative estimate of drug-likeness (QED) is 0.745. The van der Waals surface area contributed by atoms with Crippen LogP contribution in [0.2, 0.25) is 0 Å². The lowest BCUT2D eigenvalue weighted by Gasteiger charge is -2.08. The molecule has 1 saturated heterocycles. The number of likely N-dealkylation sites (N-methyl/N-ethyl adjacent to an activating group) is 1. The summed E-state index contributed by atoms with van der Waals surface area (Å²) in [6, 6.07) is 12.2. The van der Waals surface area contributed by atoms with Gasteiger partial charge in [-0.05, 0) is 66.7 Å². The van der Waals surface area contributed by atoms with E-state index in [0.717, 1.165) is 17.3 Å². The van der Waals surface area contributed by atoms with Gasteiger partial charge in [-0.15, -0.1) is 0 Å². The molecule has 0 unspecified atom stereocenters. The highest BCUT2D eigenvalue weighted by Gasteiger charge is 2.33. The molecular formula is C20H17FN2O4S. The minimum atomic E-state index is -0.381. The largest absolute Gasteiger partial charge is 0.484 e. The number of carbonyl (C=O) groups is 3. The number of imide groups is 1. The minimum Gasteiger partial charge on any atom is -0.484 e. The van der Waals surface area contributed by atoms with Gasteiger partial charge in [0.05, 0.1) is 4.91 Å². The van der Waals surface area contributed by atoms with Crippen LogP contribution in [0, 0.1) is 5.82 Å². The van der Waals surface area contributed by atoms with Crippen LogP contribution in [0.25, 0.3) is 6.08 Å². The summed E-state index contributed by atoms with van der Waals surface area (Å²) in [5, 5.41) is 2.33. The lowest BCUT2D eigenvalue weighted by atomic mass is 10.2. The van der Waals surface area contributed by atoms with Gasteiger partial charge in [0, 0.05) is 12.2 Å². The van der Waals surface area contributed by atoms with Crippen molar-refractivity contribution in [3.8, 4) is 5.75 Å². The first kappa shape index (κ1) is 19.6. The van der Waals surface area contributed by atoms with Crippen LogP contribution in [0.1, 0.15) is 12.5 Å². The lowest BCUT2D eigenvalue weighted by molar-refractivity contribution is -0.122. The van der Waals surface area contributed by atoms with Gasteiger partial charge in [0.15, 0.2) is 6.61 Å². The van der Waals surface area contributed by atoms with E-state index in [2.05, 4.69) is 5.32 Å². The van der Waals surface area contributed by atoms with Gasteiger partial charge in [0.25, 0.3) is 17.1 Å². The summed E-state index contributed by atoms with van der Waals surface area (Å²) >= 11 is 0.912. The van der Waals surface area contributed by atoms with Crippen molar-refractivity contribution in [2.75, 3.05) is 18.5 Å². The third-order valence-corrected chi connectivity index (χ3v) is 4.77. The molecule has 0 radical (unpaired) electrons. The van der Waals surface area contributed by atoms with Crippen molar-refractivity contribution in [3.05, 3.63) is 64.8 Å². The van der Waals surface area contributed by atoms with Crippen LogP contribution in [0.5, 0.6) is 5.75 Å². The molecule has 8 heteroatoms. The first-order chi connectivity index (χ1) is 13.5. The lowest BCUT2D eigenvalue weighted by Crippen LogP contribution is -2.27. The SMILES string of the molecule is CCN1C(=O)S/C(=C/c2ccc(OCC(=O)Nc3ccc(F)cc3)cc2)C1=O. The zero-order valence-electron chi connectivity index (χ0n) is 15.0. The second-order valence-electron chi connectivity index (χ2n) is 5.84. The van der Waals surface area contributed by atoms with Crippen LogP contribution in [0.15, 0.2) is 53.4 Å². The standard InChI is InChI=1S/C20H17FN2O4S/c1-2-23-19(25)17(28-20(23)26)11-13-3-9-16(10-4-13)27-12-18(24)22-15-7-5-14(21)6-8-15/h3-11H,2,12H2,1H3,(H,22,24)/b17-11+. The van der Waals surface area contributed by atoms with Crippen LogP contribution in [-0.4, -0.2) is 35.1 Å². The van der Waals surface area contributed by atoms with E-state index in [1.54, 1.807) is 37.3 Å². The van der Waals surface area contributed by atoms with E-state index in [-0.39, 0.29) is 29.5 Å². The highest BCUT2D eigenvalue weighted by Crippen LogP contribution is 2.32. The topological polar surface area (TPSA) is 75.7 Å². The number of amides is 3. The third-order valence-electron chi connectivity index (χ3n) is 3.87. The predicted molar refractivity (Wildman–Crippen MR) is 105 cm³/mol. The van der Waals surface area contributed by atoms with Crippen molar-refractivity contribution in [1.82, 2.24) is 4.90 Å². The van der Waals surface area contributed by atoms with Gasteiger partial charge in [-0.3, -0.25) is 19.3 Å². The van der Waals surface area contributed by atoms with E-state index in [4.69, 9.17) is 4.74 Å². The number of nitrogens with zero attached hydrogens (tertiary/aromatic N) is 1. The fourth-order valence-electron chi connectivity index (χ4n) is 2.46. The zero-order chi connectivity index (χ0) is 20.1. The molecule has 6 nitrogen and oxygen atoms in total. The van der Waals surface area contributed by atoms with Crippen molar-refractivity contribution in [3.63, 3.8) is 0 Å². The summed E-state index contributed by atoms with van der Waals surface area (Å²) in [4.78, 5) is 37.2. The Hall–Kier alpha value is -3.13. The maximum absolute atomic E-state index is 12.9. The average molecular weight is 400 g/mol. The van der Waals surface area contributed by atoms with Crippen molar-refractivity contribution < 1.29 is 23.5 Å². The molecule has 0 atom stereocenters. The summed E-state index contributed by atoms with van der Waals surface area (Å²) in [6.45, 7) is 1.89. The van der Waals surface area contributed by atoms with Crippen LogP contribution in [-0.2, 0) is 9.59 Å². The first-order valence-corrected chi connectivity index (χ1v) is 9.31. The van der Waals surface area contributed by atoms with Crippen molar-refractivity contribution in [1.29, 1.82) is 0 Å². The molecule has 1 fully saturated rings. The third kappa shape index (κ3) is 4.77. The van der Waals surface area contributed by atoms with E-state index >= 15 is 0 Å². The Morgan fingerprint density at radius 1 is 1.14 bits per heavy atom. The highest BCUT2D eigenvalue weighted by molar-refractivity contribution is 8.18. The number of benzene rings is 2. The number of thioether (sulfide) groups is 1. The van der Waals surface area contributed by atoms with Gasteiger partial charge in [-0.2, -0.15) is 0 Å². The monoisotopic (exact) mass is 400 g/mol. The summed E-state index contributed by atoms with van der Waals surface area (Å²) in [5.74, 6) is -0.568. The second-order valence-corrected chi connectivity index (χ2v) is 6.83. The van der Waals surface area contributed by atoms with Crippen molar-refractivity contribution in [2.24, 2.45) is 0 Å². The minimum absolute atomic E-state index is 0.202. The normalized spacial score (nSPS) is 15.2. The fraction of sp³-hybridized carbons (Fsp3) is 0.150. The Balaban J connectivity index is 1.55. The molecule has 0 bridgehead atoms. The van der Waals surface area contributed by atoms with Crippen LogP contribution in [0.4, 0.5) is 14.9 Å². The summed E-state index contributed by atoms with van der Waals surface area (Å²) in [6.07, 6.45) is 1.64. The zero-order valence-corrected chi connectivity index (χ0v) is 15.8. The van der Waals surface area contributed by atoms with Gasteiger partial charge >= 0.3 is 0 Å². The number of anilines is 1. The molecule has 1 aliphatic heterocycles. The number of nitrogens with one attached hydrogen (secondary N) is 1. The van der Waals surface area contributed by atoms with E-state index in [9.17, 15) is 18.8 Å². The summed E-state index contributed by atoms with van der Waals surface area (Å²) in [5.41, 5.74) is 1.22. The number of hydrogen-bond acceptors (Lipinski definition) is 5. The van der Waals surface area contributed by atoms with E-state index in [0.29, 0.717) is 22.9 Å². The fourth-order valence-corrected chi connectivity index (χ4v) is 3.37. The van der Waals surface area contributed by atoms with Gasteiger partial charge < -0.3 is 10.1 Å². The van der Waals surface area contributed by atoms with Gasteiger partial charge in [0.1, 0.15) is 11.6 Å². The molecule has 1 N–H and O–H groups in total. The van der Waals surface area contributed by atoms with Crippen LogP contribution < -0.4 is 10.1 Å². The molecule has 2 aromatic rings.